The van der Waals surface area contributed by atoms with Crippen molar-refractivity contribution in [3.05, 3.63) is 75.2 Å². The number of hydrogen-bond acceptors (Lipinski definition) is 8. The number of Topliss-reactive ketones (excluding diaryl/α,β-unsaturated/α-hetero) is 1. The zero-order valence-electron chi connectivity index (χ0n) is 22.0. The Bertz CT molecular complexity index is 1430. The SMILES string of the molecule is CCC[C@@H]1CN(Cc2cc(C(CC(=O)OC)c3ncc(C(C)=O)s3)ccc2C)S(=O)(=O)c2ccccc2O1. The van der Waals surface area contributed by atoms with Crippen LogP contribution < -0.4 is 4.74 Å². The highest BCUT2D eigenvalue weighted by atomic mass is 32.2. The molecule has 0 radical (unpaired) electrons. The van der Waals surface area contributed by atoms with Crippen molar-refractivity contribution in [2.45, 2.75) is 63.5 Å². The molecular weight excluding hydrogens is 524 g/mol. The van der Waals surface area contributed by atoms with Gasteiger partial charge in [-0.3, -0.25) is 9.59 Å². The highest BCUT2D eigenvalue weighted by Crippen LogP contribution is 2.35. The maximum atomic E-state index is 13.7. The van der Waals surface area contributed by atoms with Crippen LogP contribution in [0.3, 0.4) is 0 Å². The van der Waals surface area contributed by atoms with E-state index < -0.39 is 21.9 Å². The molecule has 0 amide bonds. The normalized spacial score (nSPS) is 17.6. The van der Waals surface area contributed by atoms with Gasteiger partial charge < -0.3 is 9.47 Å². The molecule has 2 heterocycles. The summed E-state index contributed by atoms with van der Waals surface area (Å²) in [6, 6.07) is 12.5. The first kappa shape index (κ1) is 27.9. The van der Waals surface area contributed by atoms with Crippen molar-refractivity contribution in [1.82, 2.24) is 9.29 Å². The molecule has 202 valence electrons. The van der Waals surface area contributed by atoms with Gasteiger partial charge in [0, 0.05) is 25.6 Å². The van der Waals surface area contributed by atoms with Gasteiger partial charge in [0.15, 0.2) is 5.78 Å². The molecule has 0 saturated heterocycles. The number of carbonyl (C=O) groups is 2. The zero-order valence-corrected chi connectivity index (χ0v) is 23.6. The molecule has 0 fully saturated rings. The summed E-state index contributed by atoms with van der Waals surface area (Å²) < 4.78 is 40.0. The number of fused-ring (bicyclic) bond motifs is 1. The lowest BCUT2D eigenvalue weighted by Crippen LogP contribution is -2.36. The zero-order chi connectivity index (χ0) is 27.4. The van der Waals surface area contributed by atoms with Crippen molar-refractivity contribution >= 4 is 33.1 Å². The lowest BCUT2D eigenvalue weighted by molar-refractivity contribution is -0.140. The van der Waals surface area contributed by atoms with Gasteiger partial charge in [-0.15, -0.1) is 11.3 Å². The van der Waals surface area contributed by atoms with Crippen LogP contribution in [0, 0.1) is 6.92 Å². The fourth-order valence-electron chi connectivity index (χ4n) is 4.54. The second-order valence-electron chi connectivity index (χ2n) is 9.41. The second-order valence-corrected chi connectivity index (χ2v) is 12.4. The predicted octanol–water partition coefficient (Wildman–Crippen LogP) is 5.10. The van der Waals surface area contributed by atoms with Gasteiger partial charge in [0.05, 0.1) is 25.0 Å². The van der Waals surface area contributed by atoms with E-state index in [-0.39, 0.29) is 36.3 Å². The number of rotatable bonds is 9. The molecule has 1 unspecified atom stereocenters. The molecule has 0 spiro atoms. The number of methoxy groups -OCH3 is 1. The number of para-hydroxylation sites is 1. The number of aryl methyl sites for hydroxylation is 1. The topological polar surface area (TPSA) is 103 Å². The van der Waals surface area contributed by atoms with Gasteiger partial charge in [-0.05, 0) is 42.2 Å². The summed E-state index contributed by atoms with van der Waals surface area (Å²) in [5.74, 6) is -0.548. The first-order chi connectivity index (χ1) is 18.1. The van der Waals surface area contributed by atoms with Crippen molar-refractivity contribution in [3.63, 3.8) is 0 Å². The Morgan fingerprint density at radius 1 is 1.24 bits per heavy atom. The van der Waals surface area contributed by atoms with Crippen LogP contribution in [0.2, 0.25) is 0 Å². The summed E-state index contributed by atoms with van der Waals surface area (Å²) in [5, 5.41) is 0.628. The van der Waals surface area contributed by atoms with E-state index in [1.807, 2.05) is 32.0 Å². The molecule has 8 nitrogen and oxygen atoms in total. The average molecular weight is 557 g/mol. The maximum Gasteiger partial charge on any atom is 0.306 e. The number of benzene rings is 2. The minimum Gasteiger partial charge on any atom is -0.488 e. The van der Waals surface area contributed by atoms with Crippen LogP contribution in [-0.2, 0) is 26.1 Å². The third-order valence-corrected chi connectivity index (χ3v) is 9.73. The van der Waals surface area contributed by atoms with Crippen molar-refractivity contribution in [2.24, 2.45) is 0 Å². The number of sulfonamides is 1. The summed E-state index contributed by atoms with van der Waals surface area (Å²) in [6.45, 7) is 5.84. The molecule has 38 heavy (non-hydrogen) atoms. The van der Waals surface area contributed by atoms with Gasteiger partial charge in [-0.2, -0.15) is 4.31 Å². The Balaban J connectivity index is 1.73. The number of aromatic nitrogens is 1. The minimum absolute atomic E-state index is 0.0473. The Morgan fingerprint density at radius 3 is 2.68 bits per heavy atom. The first-order valence-corrected chi connectivity index (χ1v) is 14.8. The molecule has 0 N–H and O–H groups in total. The number of ether oxygens (including phenoxy) is 2. The van der Waals surface area contributed by atoms with E-state index in [4.69, 9.17) is 9.47 Å². The summed E-state index contributed by atoms with van der Waals surface area (Å²) in [7, 11) is -2.48. The molecule has 0 saturated carbocycles. The molecule has 1 aliphatic heterocycles. The summed E-state index contributed by atoms with van der Waals surface area (Å²) in [5.41, 5.74) is 2.54. The quantitative estimate of drug-likeness (QED) is 0.267. The van der Waals surface area contributed by atoms with Crippen LogP contribution in [0.1, 0.15) is 70.4 Å². The molecule has 3 aromatic rings. The van der Waals surface area contributed by atoms with Gasteiger partial charge >= 0.3 is 5.97 Å². The number of thiazole rings is 1. The summed E-state index contributed by atoms with van der Waals surface area (Å²) in [6.07, 6.45) is 2.89. The third kappa shape index (κ3) is 5.98. The number of esters is 1. The fourth-order valence-corrected chi connectivity index (χ4v) is 7.05. The van der Waals surface area contributed by atoms with Crippen molar-refractivity contribution in [2.75, 3.05) is 13.7 Å². The lowest BCUT2D eigenvalue weighted by atomic mass is 9.93. The molecule has 1 aromatic heterocycles. The van der Waals surface area contributed by atoms with E-state index in [2.05, 4.69) is 4.98 Å². The number of carbonyl (C=O) groups excluding carboxylic acids is 2. The molecule has 2 atom stereocenters. The van der Waals surface area contributed by atoms with E-state index in [9.17, 15) is 18.0 Å². The van der Waals surface area contributed by atoms with Gasteiger partial charge in [0.1, 0.15) is 21.8 Å². The smallest absolute Gasteiger partial charge is 0.306 e. The molecular formula is C28H32N2O6S2. The van der Waals surface area contributed by atoms with Crippen molar-refractivity contribution in [1.29, 1.82) is 0 Å². The monoisotopic (exact) mass is 556 g/mol. The van der Waals surface area contributed by atoms with Crippen LogP contribution >= 0.6 is 11.3 Å². The Hall–Kier alpha value is -3.08. The highest BCUT2D eigenvalue weighted by molar-refractivity contribution is 7.89. The van der Waals surface area contributed by atoms with Gasteiger partial charge in [-0.25, -0.2) is 13.4 Å². The first-order valence-electron chi connectivity index (χ1n) is 12.5. The van der Waals surface area contributed by atoms with E-state index >= 15 is 0 Å². The van der Waals surface area contributed by atoms with Crippen molar-refractivity contribution < 1.29 is 27.5 Å². The largest absolute Gasteiger partial charge is 0.488 e. The van der Waals surface area contributed by atoms with E-state index in [0.717, 1.165) is 29.5 Å². The Morgan fingerprint density at radius 2 is 2.00 bits per heavy atom. The summed E-state index contributed by atoms with van der Waals surface area (Å²) in [4.78, 5) is 29.3. The molecule has 1 aliphatic rings. The van der Waals surface area contributed by atoms with E-state index in [1.165, 1.54) is 35.9 Å². The average Bonchev–Trinajstić information content (AvgIpc) is 3.35. The highest BCUT2D eigenvalue weighted by Gasteiger charge is 2.35. The predicted molar refractivity (Wildman–Crippen MR) is 145 cm³/mol. The Kier molecular flexibility index (Phi) is 8.64. The van der Waals surface area contributed by atoms with Gasteiger partial charge in [0.25, 0.3) is 0 Å². The number of nitrogens with zero attached hydrogens (tertiary/aromatic N) is 2. The van der Waals surface area contributed by atoms with Crippen LogP contribution in [0.25, 0.3) is 0 Å². The van der Waals surface area contributed by atoms with E-state index in [1.54, 1.807) is 24.3 Å². The van der Waals surface area contributed by atoms with Crippen LogP contribution in [0.4, 0.5) is 0 Å². The number of hydrogen-bond donors (Lipinski definition) is 0. The Labute approximate surface area is 227 Å². The third-order valence-electron chi connectivity index (χ3n) is 6.67. The van der Waals surface area contributed by atoms with Crippen LogP contribution in [0.15, 0.2) is 53.6 Å². The molecule has 0 bridgehead atoms. The van der Waals surface area contributed by atoms with Crippen LogP contribution in [-0.4, -0.2) is 49.2 Å². The molecule has 2 aromatic carbocycles. The summed E-state index contributed by atoms with van der Waals surface area (Å²) >= 11 is 1.25. The standard InChI is InChI=1S/C28H32N2O6S2/c1-5-8-22-17-30(38(33,34)26-10-7-6-9-24(26)36-22)16-21-13-20(12-11-18(21)2)23(14-27(32)35-4)28-29-15-25(37-28)19(3)31/h6-7,9-13,15,22-23H,5,8,14,16-17H2,1-4H3/t22-,23?/m1/s1. The fraction of sp³-hybridized carbons (Fsp3) is 0.393. The van der Waals surface area contributed by atoms with Gasteiger partial charge in [0.2, 0.25) is 10.0 Å². The van der Waals surface area contributed by atoms with E-state index in [0.29, 0.717) is 15.6 Å². The number of ketones is 1. The van der Waals surface area contributed by atoms with Gasteiger partial charge in [-0.1, -0.05) is 43.7 Å². The van der Waals surface area contributed by atoms with Crippen LogP contribution in [0.5, 0.6) is 5.75 Å². The molecule has 10 heteroatoms. The lowest BCUT2D eigenvalue weighted by Gasteiger charge is -2.24. The molecule has 4 rings (SSSR count). The maximum absolute atomic E-state index is 13.7. The second kappa shape index (κ2) is 11.8. The minimum atomic E-state index is -3.81. The van der Waals surface area contributed by atoms with Crippen molar-refractivity contribution in [3.8, 4) is 5.75 Å². The molecule has 0 aliphatic carbocycles.